The van der Waals surface area contributed by atoms with Crippen molar-refractivity contribution in [2.45, 2.75) is 37.9 Å². The molecule has 2 atom stereocenters. The average molecular weight is 222 g/mol. The van der Waals surface area contributed by atoms with E-state index in [4.69, 9.17) is 16.9 Å². The third kappa shape index (κ3) is 3.48. The van der Waals surface area contributed by atoms with E-state index in [0.29, 0.717) is 12.6 Å². The lowest BCUT2D eigenvalue weighted by Gasteiger charge is -2.23. The van der Waals surface area contributed by atoms with Crippen LogP contribution in [0.5, 0.6) is 0 Å². The molecule has 1 heterocycles. The summed E-state index contributed by atoms with van der Waals surface area (Å²) >= 11 is 0. The number of hydrogen-bond acceptors (Lipinski definition) is 3. The van der Waals surface area contributed by atoms with Crippen LogP contribution in [-0.2, 0) is 4.74 Å². The topological polar surface area (TPSA) is 38.5 Å². The Kier molecular flexibility index (Phi) is 4.22. The summed E-state index contributed by atoms with van der Waals surface area (Å²) in [5.74, 6) is 3.63. The minimum Gasteiger partial charge on any atom is -0.372 e. The maximum absolute atomic E-state index is 5.85. The molecule has 1 saturated heterocycles. The Labute approximate surface area is 98.3 Å². The maximum Gasteiger partial charge on any atom is 0.0707 e. The van der Waals surface area contributed by atoms with Crippen LogP contribution in [0.4, 0.5) is 0 Å². The molecule has 2 aliphatic rings. The lowest BCUT2D eigenvalue weighted by molar-refractivity contribution is 0.0288. The van der Waals surface area contributed by atoms with Gasteiger partial charge in [0, 0.05) is 19.6 Å². The SMILES string of the molecule is C#CCN(CC1CC1)CC1CCC(CN)O1. The predicted molar refractivity (Wildman–Crippen MR) is 64.9 cm³/mol. The molecule has 0 aromatic rings. The van der Waals surface area contributed by atoms with E-state index >= 15 is 0 Å². The van der Waals surface area contributed by atoms with Gasteiger partial charge in [0.2, 0.25) is 0 Å². The molecule has 0 aromatic carbocycles. The van der Waals surface area contributed by atoms with Crippen molar-refractivity contribution in [3.05, 3.63) is 0 Å². The summed E-state index contributed by atoms with van der Waals surface area (Å²) in [5.41, 5.74) is 5.61. The quantitative estimate of drug-likeness (QED) is 0.677. The van der Waals surface area contributed by atoms with E-state index in [9.17, 15) is 0 Å². The molecule has 2 rings (SSSR count). The number of nitrogens with zero attached hydrogens (tertiary/aromatic N) is 1. The van der Waals surface area contributed by atoms with Crippen LogP contribution in [-0.4, -0.2) is 43.3 Å². The second-order valence-electron chi connectivity index (χ2n) is 5.03. The van der Waals surface area contributed by atoms with Crippen molar-refractivity contribution < 1.29 is 4.74 Å². The first kappa shape index (κ1) is 11.9. The van der Waals surface area contributed by atoms with Crippen molar-refractivity contribution in [3.8, 4) is 12.3 Å². The van der Waals surface area contributed by atoms with E-state index in [-0.39, 0.29) is 6.10 Å². The summed E-state index contributed by atoms with van der Waals surface area (Å²) in [5, 5.41) is 0. The van der Waals surface area contributed by atoms with Crippen LogP contribution in [0.15, 0.2) is 0 Å². The van der Waals surface area contributed by atoms with Crippen molar-refractivity contribution in [1.82, 2.24) is 4.90 Å². The minimum absolute atomic E-state index is 0.276. The molecule has 1 aliphatic heterocycles. The molecule has 3 nitrogen and oxygen atoms in total. The Morgan fingerprint density at radius 3 is 2.50 bits per heavy atom. The molecule has 0 radical (unpaired) electrons. The van der Waals surface area contributed by atoms with Crippen molar-refractivity contribution in [1.29, 1.82) is 0 Å². The van der Waals surface area contributed by atoms with E-state index in [1.165, 1.54) is 12.8 Å². The molecule has 0 spiro atoms. The fourth-order valence-corrected chi connectivity index (χ4v) is 2.37. The Bertz CT molecular complexity index is 257. The normalized spacial score (nSPS) is 29.6. The monoisotopic (exact) mass is 222 g/mol. The average Bonchev–Trinajstić information content (AvgIpc) is 2.96. The molecule has 3 heteroatoms. The van der Waals surface area contributed by atoms with Gasteiger partial charge in [-0.15, -0.1) is 6.42 Å². The highest BCUT2D eigenvalue weighted by atomic mass is 16.5. The zero-order valence-corrected chi connectivity index (χ0v) is 9.90. The predicted octanol–water partition coefficient (Wildman–Crippen LogP) is 0.838. The van der Waals surface area contributed by atoms with E-state index < -0.39 is 0 Å². The number of nitrogens with two attached hydrogens (primary N) is 1. The summed E-state index contributed by atoms with van der Waals surface area (Å²) in [6.45, 7) is 3.53. The summed E-state index contributed by atoms with van der Waals surface area (Å²) in [7, 11) is 0. The molecule has 1 aliphatic carbocycles. The first-order chi connectivity index (χ1) is 7.81. The van der Waals surface area contributed by atoms with E-state index in [1.54, 1.807) is 0 Å². The second-order valence-corrected chi connectivity index (χ2v) is 5.03. The number of ether oxygens (including phenoxy) is 1. The molecule has 1 saturated carbocycles. The summed E-state index contributed by atoms with van der Waals surface area (Å²) < 4.78 is 5.85. The number of terminal acetylenes is 1. The highest BCUT2D eigenvalue weighted by Crippen LogP contribution is 2.30. The molecule has 90 valence electrons. The van der Waals surface area contributed by atoms with Crippen molar-refractivity contribution >= 4 is 0 Å². The lowest BCUT2D eigenvalue weighted by Crippen LogP contribution is -2.35. The molecular formula is C13H22N2O. The second kappa shape index (κ2) is 5.67. The minimum atomic E-state index is 0.276. The fraction of sp³-hybridized carbons (Fsp3) is 0.846. The van der Waals surface area contributed by atoms with Gasteiger partial charge in [-0.3, -0.25) is 4.90 Å². The van der Waals surface area contributed by atoms with Crippen LogP contribution in [0.1, 0.15) is 25.7 Å². The van der Waals surface area contributed by atoms with Crippen LogP contribution >= 0.6 is 0 Å². The maximum atomic E-state index is 5.85. The van der Waals surface area contributed by atoms with Gasteiger partial charge in [0.15, 0.2) is 0 Å². The third-order valence-corrected chi connectivity index (χ3v) is 3.45. The van der Waals surface area contributed by atoms with E-state index in [0.717, 1.165) is 38.4 Å². The van der Waals surface area contributed by atoms with Gasteiger partial charge in [-0.25, -0.2) is 0 Å². The Morgan fingerprint density at radius 2 is 1.94 bits per heavy atom. The molecule has 2 fully saturated rings. The van der Waals surface area contributed by atoms with Crippen LogP contribution in [0, 0.1) is 18.3 Å². The van der Waals surface area contributed by atoms with Gasteiger partial charge >= 0.3 is 0 Å². The Hall–Kier alpha value is -0.560. The Morgan fingerprint density at radius 1 is 1.19 bits per heavy atom. The summed E-state index contributed by atoms with van der Waals surface area (Å²) in [6.07, 6.45) is 11.0. The number of hydrogen-bond donors (Lipinski definition) is 1. The van der Waals surface area contributed by atoms with Gasteiger partial charge in [-0.05, 0) is 31.6 Å². The van der Waals surface area contributed by atoms with E-state index in [1.807, 2.05) is 0 Å². The Balaban J connectivity index is 1.74. The first-order valence-electron chi connectivity index (χ1n) is 6.33. The van der Waals surface area contributed by atoms with Gasteiger partial charge in [0.05, 0.1) is 18.8 Å². The molecule has 0 aromatic heterocycles. The van der Waals surface area contributed by atoms with Crippen molar-refractivity contribution in [2.24, 2.45) is 11.7 Å². The standard InChI is InChI=1S/C13H22N2O/c1-2-7-15(9-11-3-4-11)10-13-6-5-12(8-14)16-13/h1,11-13H,3-10,14H2. The zero-order chi connectivity index (χ0) is 11.4. The van der Waals surface area contributed by atoms with Crippen molar-refractivity contribution in [3.63, 3.8) is 0 Å². The fourth-order valence-electron chi connectivity index (χ4n) is 2.37. The lowest BCUT2D eigenvalue weighted by atomic mass is 10.2. The van der Waals surface area contributed by atoms with E-state index in [2.05, 4.69) is 10.8 Å². The highest BCUT2D eigenvalue weighted by Gasteiger charge is 2.28. The molecule has 0 bridgehead atoms. The summed E-state index contributed by atoms with van der Waals surface area (Å²) in [6, 6.07) is 0. The molecule has 2 N–H and O–H groups in total. The van der Waals surface area contributed by atoms with Gasteiger partial charge in [-0.2, -0.15) is 0 Å². The van der Waals surface area contributed by atoms with Gasteiger partial charge in [0.25, 0.3) is 0 Å². The number of rotatable bonds is 6. The highest BCUT2D eigenvalue weighted by molar-refractivity contribution is 4.91. The molecule has 2 unspecified atom stereocenters. The van der Waals surface area contributed by atoms with Crippen LogP contribution in [0.2, 0.25) is 0 Å². The van der Waals surface area contributed by atoms with Gasteiger partial charge in [0.1, 0.15) is 0 Å². The van der Waals surface area contributed by atoms with Crippen LogP contribution < -0.4 is 5.73 Å². The largest absolute Gasteiger partial charge is 0.372 e. The smallest absolute Gasteiger partial charge is 0.0707 e. The molecule has 16 heavy (non-hydrogen) atoms. The van der Waals surface area contributed by atoms with Crippen molar-refractivity contribution in [2.75, 3.05) is 26.2 Å². The van der Waals surface area contributed by atoms with Gasteiger partial charge in [-0.1, -0.05) is 5.92 Å². The summed E-state index contributed by atoms with van der Waals surface area (Å²) in [4.78, 5) is 2.36. The van der Waals surface area contributed by atoms with Crippen LogP contribution in [0.25, 0.3) is 0 Å². The molecular weight excluding hydrogens is 200 g/mol. The third-order valence-electron chi connectivity index (χ3n) is 3.45. The molecule has 0 amide bonds. The first-order valence-corrected chi connectivity index (χ1v) is 6.33. The van der Waals surface area contributed by atoms with Crippen LogP contribution in [0.3, 0.4) is 0 Å². The van der Waals surface area contributed by atoms with Gasteiger partial charge < -0.3 is 10.5 Å². The zero-order valence-electron chi connectivity index (χ0n) is 9.90.